The molecule has 8 atom stereocenters. The lowest BCUT2D eigenvalue weighted by Gasteiger charge is -2.32. The fourth-order valence-corrected chi connectivity index (χ4v) is 5.23. The second-order valence-corrected chi connectivity index (χ2v) is 12.3. The molecule has 43 heavy (non-hydrogen) atoms. The van der Waals surface area contributed by atoms with Crippen molar-refractivity contribution in [1.82, 2.24) is 0 Å². The van der Waals surface area contributed by atoms with Crippen molar-refractivity contribution in [2.24, 2.45) is 11.8 Å². The second-order valence-electron chi connectivity index (χ2n) is 12.3. The minimum absolute atomic E-state index is 0.0645. The van der Waals surface area contributed by atoms with Crippen LogP contribution in [0.5, 0.6) is 0 Å². The number of ether oxygens (including phenoxy) is 5. The van der Waals surface area contributed by atoms with E-state index < -0.39 is 29.9 Å². The van der Waals surface area contributed by atoms with Gasteiger partial charge in [0.1, 0.15) is 25.1 Å². The summed E-state index contributed by atoms with van der Waals surface area (Å²) in [5.41, 5.74) is 2.05. The third-order valence-corrected chi connectivity index (χ3v) is 7.55. The normalized spacial score (nSPS) is 27.0. The van der Waals surface area contributed by atoms with Crippen molar-refractivity contribution in [3.8, 4) is 0 Å². The van der Waals surface area contributed by atoms with E-state index in [0.717, 1.165) is 43.3 Å². The molecular formula is C35H54O8. The predicted octanol–water partition coefficient (Wildman–Crippen LogP) is 6.68. The quantitative estimate of drug-likeness (QED) is 0.0959. The van der Waals surface area contributed by atoms with Gasteiger partial charge in [0.15, 0.2) is 5.79 Å². The molecule has 2 heterocycles. The highest BCUT2D eigenvalue weighted by Gasteiger charge is 2.39. The number of carboxylic acid groups (broad SMARTS) is 1. The first-order valence-electron chi connectivity index (χ1n) is 15.4. The first-order valence-corrected chi connectivity index (χ1v) is 15.4. The van der Waals surface area contributed by atoms with E-state index in [1.165, 1.54) is 0 Å². The molecule has 8 heteroatoms. The van der Waals surface area contributed by atoms with Crippen LogP contribution >= 0.6 is 0 Å². The van der Waals surface area contributed by atoms with Crippen LogP contribution in [0, 0.1) is 11.8 Å². The molecule has 0 aromatic carbocycles. The number of allylic oxidation sites excluding steroid dienone is 7. The summed E-state index contributed by atoms with van der Waals surface area (Å²) in [6.45, 7) is 17.5. The van der Waals surface area contributed by atoms with Crippen molar-refractivity contribution in [2.75, 3.05) is 13.9 Å². The Balaban J connectivity index is 1.89. The summed E-state index contributed by atoms with van der Waals surface area (Å²) in [4.78, 5) is 11.0. The monoisotopic (exact) mass is 602 g/mol. The Morgan fingerprint density at radius 2 is 1.79 bits per heavy atom. The van der Waals surface area contributed by atoms with Gasteiger partial charge in [0.2, 0.25) is 0 Å². The Morgan fingerprint density at radius 1 is 1.09 bits per heavy atom. The summed E-state index contributed by atoms with van der Waals surface area (Å²) in [6.07, 6.45) is 18.1. The average Bonchev–Trinajstić information content (AvgIpc) is 3.51. The van der Waals surface area contributed by atoms with E-state index in [-0.39, 0.29) is 37.1 Å². The van der Waals surface area contributed by atoms with Crippen LogP contribution in [-0.4, -0.2) is 72.5 Å². The molecule has 2 saturated heterocycles. The minimum Gasteiger partial charge on any atom is -0.481 e. The number of aliphatic hydroxyl groups excluding tert-OH is 1. The van der Waals surface area contributed by atoms with E-state index >= 15 is 0 Å². The number of aliphatic carboxylic acids is 1. The van der Waals surface area contributed by atoms with E-state index in [9.17, 15) is 9.90 Å². The lowest BCUT2D eigenvalue weighted by Crippen LogP contribution is -2.43. The van der Waals surface area contributed by atoms with Crippen LogP contribution in [0.4, 0.5) is 0 Å². The zero-order valence-electron chi connectivity index (χ0n) is 26.9. The van der Waals surface area contributed by atoms with Gasteiger partial charge in [0, 0.05) is 7.11 Å². The van der Waals surface area contributed by atoms with E-state index in [1.54, 1.807) is 32.3 Å². The Morgan fingerprint density at radius 3 is 2.44 bits per heavy atom. The zero-order valence-corrected chi connectivity index (χ0v) is 26.9. The fraction of sp³-hybridized carbons (Fsp3) is 0.629. The predicted molar refractivity (Wildman–Crippen MR) is 169 cm³/mol. The smallest absolute Gasteiger partial charge is 0.310 e. The highest BCUT2D eigenvalue weighted by atomic mass is 16.7. The zero-order chi connectivity index (χ0) is 32.0. The molecule has 0 saturated carbocycles. The first-order chi connectivity index (χ1) is 20.3. The lowest BCUT2D eigenvalue weighted by molar-refractivity contribution is -0.169. The van der Waals surface area contributed by atoms with E-state index in [1.807, 2.05) is 52.0 Å². The topological polar surface area (TPSA) is 104 Å². The fourth-order valence-electron chi connectivity index (χ4n) is 5.23. The van der Waals surface area contributed by atoms with Gasteiger partial charge in [-0.3, -0.25) is 4.79 Å². The number of hydrogen-bond acceptors (Lipinski definition) is 7. The number of hydrogen-bond donors (Lipinski definition) is 2. The highest BCUT2D eigenvalue weighted by molar-refractivity contribution is 5.71. The van der Waals surface area contributed by atoms with E-state index in [0.29, 0.717) is 6.42 Å². The molecule has 0 aliphatic carbocycles. The number of carboxylic acids is 1. The molecule has 2 aliphatic rings. The molecule has 0 bridgehead atoms. The maximum atomic E-state index is 11.2. The van der Waals surface area contributed by atoms with E-state index in [2.05, 4.69) is 19.2 Å². The molecule has 0 unspecified atom stereocenters. The third-order valence-electron chi connectivity index (χ3n) is 7.55. The molecule has 0 amide bonds. The van der Waals surface area contributed by atoms with Crippen molar-refractivity contribution in [3.05, 3.63) is 72.9 Å². The molecule has 2 N–H and O–H groups in total. The number of methoxy groups -OCH3 is 1. The van der Waals surface area contributed by atoms with Crippen molar-refractivity contribution in [3.63, 3.8) is 0 Å². The Kier molecular flexibility index (Phi) is 15.8. The summed E-state index contributed by atoms with van der Waals surface area (Å²) in [6, 6.07) is 0. The molecule has 8 nitrogen and oxygen atoms in total. The number of aliphatic hydroxyl groups is 1. The Labute approximate surface area is 258 Å². The second kappa shape index (κ2) is 18.5. The molecule has 2 aliphatic heterocycles. The maximum absolute atomic E-state index is 11.2. The molecule has 0 aromatic rings. The van der Waals surface area contributed by atoms with Crippen LogP contribution in [0.25, 0.3) is 0 Å². The third kappa shape index (κ3) is 13.5. The molecule has 0 aromatic heterocycles. The van der Waals surface area contributed by atoms with Crippen LogP contribution < -0.4 is 0 Å². The van der Waals surface area contributed by atoms with Gasteiger partial charge in [0.05, 0.1) is 24.2 Å². The molecule has 2 rings (SSSR count). The van der Waals surface area contributed by atoms with Crippen LogP contribution in [0.1, 0.15) is 73.1 Å². The molecular weight excluding hydrogens is 548 g/mol. The minimum atomic E-state index is -0.863. The standard InChI is InChI=1S/C35H54O8/c1-24(2)14-13-15-25(3)22-27(5)32(36)33(40-23-39-8)31-21-20-28(41-31)17-10-12-19-30-29(42-35(6,7)43-30)18-11-9-16-26(4)34(37)38/h9,11-13,15-16,18-19,26-33,36H,1,3,10,14,17,20-23H2,2,4-8H3,(H,37,38)/b15-13+,16-9+,18-11+,19-12+/t26-,27-,28+,29-,30-,31+,32-,33-/m1/s1. The molecule has 242 valence electrons. The summed E-state index contributed by atoms with van der Waals surface area (Å²) < 4.78 is 29.6. The Hall–Kier alpha value is -2.33. The SMILES string of the molecule is C=C(C)C/C=C/C(=C)C[C@@H](C)[C@@H](O)[C@H](OCOC)[C@@H]1CC[C@H](CC/C=C/[C@H]2OC(C)(C)O[C@@H]2/C=C/C=C/[C@@H](C)C(=O)O)O1. The average molecular weight is 603 g/mol. The van der Waals surface area contributed by atoms with Gasteiger partial charge in [0.25, 0.3) is 0 Å². The number of carbonyl (C=O) groups is 1. The molecule has 0 radical (unpaired) electrons. The summed E-state index contributed by atoms with van der Waals surface area (Å²) in [5, 5.41) is 20.3. The largest absolute Gasteiger partial charge is 0.481 e. The van der Waals surface area contributed by atoms with Gasteiger partial charge in [-0.15, -0.1) is 0 Å². The summed E-state index contributed by atoms with van der Waals surface area (Å²) >= 11 is 0. The van der Waals surface area contributed by atoms with Crippen molar-refractivity contribution in [1.29, 1.82) is 0 Å². The van der Waals surface area contributed by atoms with Gasteiger partial charge in [-0.1, -0.05) is 79.8 Å². The van der Waals surface area contributed by atoms with E-state index in [4.69, 9.17) is 28.8 Å². The van der Waals surface area contributed by atoms with Gasteiger partial charge >= 0.3 is 5.97 Å². The van der Waals surface area contributed by atoms with Crippen molar-refractivity contribution in [2.45, 2.75) is 116 Å². The van der Waals surface area contributed by atoms with Crippen LogP contribution in [0.15, 0.2) is 72.9 Å². The van der Waals surface area contributed by atoms with Crippen LogP contribution in [0.2, 0.25) is 0 Å². The molecule has 0 spiro atoms. The molecule has 2 fully saturated rings. The van der Waals surface area contributed by atoms with Crippen molar-refractivity contribution < 1.29 is 38.7 Å². The first kappa shape index (κ1) is 36.9. The summed E-state index contributed by atoms with van der Waals surface area (Å²) in [5.74, 6) is -2.20. The Bertz CT molecular complexity index is 1010. The van der Waals surface area contributed by atoms with Crippen LogP contribution in [-0.2, 0) is 28.5 Å². The van der Waals surface area contributed by atoms with Gasteiger partial charge in [-0.05, 0) is 72.1 Å². The highest BCUT2D eigenvalue weighted by Crippen LogP contribution is 2.32. The van der Waals surface area contributed by atoms with Crippen LogP contribution in [0.3, 0.4) is 0 Å². The van der Waals surface area contributed by atoms with Gasteiger partial charge in [-0.25, -0.2) is 0 Å². The van der Waals surface area contributed by atoms with Gasteiger partial charge < -0.3 is 33.9 Å². The summed E-state index contributed by atoms with van der Waals surface area (Å²) in [7, 11) is 1.57. The van der Waals surface area contributed by atoms with Gasteiger partial charge in [-0.2, -0.15) is 0 Å². The maximum Gasteiger partial charge on any atom is 0.310 e. The lowest BCUT2D eigenvalue weighted by atomic mass is 9.90. The van der Waals surface area contributed by atoms with Crippen molar-refractivity contribution >= 4 is 5.97 Å². The number of rotatable bonds is 19.